The summed E-state index contributed by atoms with van der Waals surface area (Å²) in [4.78, 5) is 0. The van der Waals surface area contributed by atoms with E-state index in [1.807, 2.05) is 0 Å². The van der Waals surface area contributed by atoms with Crippen LogP contribution >= 0.6 is 0 Å². The summed E-state index contributed by atoms with van der Waals surface area (Å²) < 4.78 is 158. The molecule has 0 saturated carbocycles. The van der Waals surface area contributed by atoms with E-state index in [1.54, 1.807) is 0 Å². The second-order valence-electron chi connectivity index (χ2n) is 4.52. The summed E-state index contributed by atoms with van der Waals surface area (Å²) in [5.41, 5.74) is 0. The first-order valence-electron chi connectivity index (χ1n) is 5.67. The zero-order valence-corrected chi connectivity index (χ0v) is 12.6. The largest absolute Gasteiger partial charge is 0.438 e. The van der Waals surface area contributed by atoms with Gasteiger partial charge in [-0.25, -0.2) is 0 Å². The van der Waals surface area contributed by atoms with E-state index in [0.29, 0.717) is 0 Å². The van der Waals surface area contributed by atoms with Gasteiger partial charge in [0.15, 0.2) is 0 Å². The Morgan fingerprint density at radius 3 is 1.46 bits per heavy atom. The van der Waals surface area contributed by atoms with E-state index in [4.69, 9.17) is 4.55 Å². The molecule has 0 saturated heterocycles. The van der Waals surface area contributed by atoms with Crippen LogP contribution in [0.4, 0.5) is 43.9 Å². The van der Waals surface area contributed by atoms with Gasteiger partial charge in [0, 0.05) is 6.42 Å². The van der Waals surface area contributed by atoms with Gasteiger partial charge < -0.3 is 6.15 Å². The molecule has 0 amide bonds. The Kier molecular flexibility index (Phi) is 7.22. The summed E-state index contributed by atoms with van der Waals surface area (Å²) in [6.45, 7) is 1.16. The van der Waals surface area contributed by atoms with Crippen molar-refractivity contribution in [2.45, 2.75) is 55.1 Å². The minimum atomic E-state index is -7.52. The van der Waals surface area contributed by atoms with Gasteiger partial charge in [0.2, 0.25) is 0 Å². The normalized spacial score (nSPS) is 15.2. The quantitative estimate of drug-likeness (QED) is 0.464. The molecule has 0 aliphatic carbocycles. The molecular weight excluding hydrogens is 392 g/mol. The number of halogens is 10. The molecule has 0 aliphatic rings. The summed E-state index contributed by atoms with van der Waals surface area (Å²) in [6.07, 6.45) is -3.12. The smallest absolute Gasteiger partial charge is 0.344 e. The molecule has 15 heteroatoms. The lowest BCUT2D eigenvalue weighted by Gasteiger charge is -2.38. The third-order valence-electron chi connectivity index (χ3n) is 2.78. The Balaban J connectivity index is 0. The fourth-order valence-corrected chi connectivity index (χ4v) is 1.78. The van der Waals surface area contributed by atoms with Gasteiger partial charge in [-0.15, -0.1) is 0 Å². The highest BCUT2D eigenvalue weighted by molar-refractivity contribution is 7.87. The van der Waals surface area contributed by atoms with Crippen LogP contribution in [0.3, 0.4) is 0 Å². The van der Waals surface area contributed by atoms with E-state index in [0.717, 1.165) is 6.92 Å². The SMILES string of the molecule is CCCCC(F)(F)C(F)(F)C(F)(F)C(F)(F)C(F)(F)S(=O)(=O)O.N. The zero-order valence-electron chi connectivity index (χ0n) is 11.8. The first kappa shape index (κ1) is 25.4. The van der Waals surface area contributed by atoms with Gasteiger partial charge in [-0.3, -0.25) is 4.55 Å². The van der Waals surface area contributed by atoms with Crippen LogP contribution in [0.2, 0.25) is 0 Å². The zero-order chi connectivity index (χ0) is 19.1. The monoisotopic (exact) mass is 405 g/mol. The van der Waals surface area contributed by atoms with Crippen molar-refractivity contribution in [3.8, 4) is 0 Å². The van der Waals surface area contributed by atoms with Crippen LogP contribution in [-0.4, -0.2) is 41.9 Å². The molecule has 0 spiro atoms. The van der Waals surface area contributed by atoms with Gasteiger partial charge in [0.25, 0.3) is 0 Å². The molecular formula is C9H13F10NO3S. The van der Waals surface area contributed by atoms with Gasteiger partial charge in [0.05, 0.1) is 0 Å². The number of rotatable bonds is 8. The average Bonchev–Trinajstić information content (AvgIpc) is 2.34. The van der Waals surface area contributed by atoms with Crippen LogP contribution < -0.4 is 6.15 Å². The molecule has 0 aromatic rings. The second-order valence-corrected chi connectivity index (χ2v) is 5.99. The topological polar surface area (TPSA) is 89.4 Å². The Morgan fingerprint density at radius 2 is 1.17 bits per heavy atom. The maximum absolute atomic E-state index is 13.1. The molecule has 0 aromatic heterocycles. The summed E-state index contributed by atoms with van der Waals surface area (Å²) in [7, 11) is -7.31. The van der Waals surface area contributed by atoms with Crippen molar-refractivity contribution in [2.75, 3.05) is 0 Å². The Morgan fingerprint density at radius 1 is 0.792 bits per heavy atom. The Hall–Kier alpha value is -0.830. The van der Waals surface area contributed by atoms with Gasteiger partial charge in [-0.05, 0) is 6.42 Å². The summed E-state index contributed by atoms with van der Waals surface area (Å²) >= 11 is 0. The van der Waals surface area contributed by atoms with Gasteiger partial charge in [-0.2, -0.15) is 52.3 Å². The molecule has 24 heavy (non-hydrogen) atoms. The molecule has 0 bridgehead atoms. The van der Waals surface area contributed by atoms with Crippen LogP contribution in [0.1, 0.15) is 26.2 Å². The molecule has 0 aromatic carbocycles. The molecule has 0 fully saturated rings. The molecule has 148 valence electrons. The predicted octanol–water partition coefficient (Wildman–Crippen LogP) is 4.36. The highest BCUT2D eigenvalue weighted by Crippen LogP contribution is 2.58. The number of hydrogen-bond donors (Lipinski definition) is 2. The van der Waals surface area contributed by atoms with Gasteiger partial charge in [0.1, 0.15) is 0 Å². The lowest BCUT2D eigenvalue weighted by atomic mass is 9.95. The molecule has 0 rings (SSSR count). The maximum atomic E-state index is 13.1. The summed E-state index contributed by atoms with van der Waals surface area (Å²) in [5, 5.41) is -7.13. The van der Waals surface area contributed by atoms with Crippen LogP contribution in [0.15, 0.2) is 0 Å². The van der Waals surface area contributed by atoms with E-state index < -0.39 is 51.9 Å². The minimum absolute atomic E-state index is 0. The number of unbranched alkanes of at least 4 members (excludes halogenated alkanes) is 1. The average molecular weight is 405 g/mol. The van der Waals surface area contributed by atoms with E-state index >= 15 is 0 Å². The van der Waals surface area contributed by atoms with Crippen LogP contribution in [0, 0.1) is 0 Å². The first-order valence-corrected chi connectivity index (χ1v) is 7.11. The van der Waals surface area contributed by atoms with E-state index in [9.17, 15) is 52.3 Å². The van der Waals surface area contributed by atoms with Crippen LogP contribution in [-0.2, 0) is 10.1 Å². The molecule has 0 unspecified atom stereocenters. The van der Waals surface area contributed by atoms with E-state index in [1.165, 1.54) is 0 Å². The molecule has 4 N–H and O–H groups in total. The van der Waals surface area contributed by atoms with Crippen molar-refractivity contribution >= 4 is 10.1 Å². The Bertz CT molecular complexity index is 534. The lowest BCUT2D eigenvalue weighted by Crippen LogP contribution is -2.68. The van der Waals surface area contributed by atoms with Crippen LogP contribution in [0.25, 0.3) is 0 Å². The fourth-order valence-electron chi connectivity index (χ4n) is 1.33. The maximum Gasteiger partial charge on any atom is 0.438 e. The van der Waals surface area contributed by atoms with Crippen molar-refractivity contribution in [3.63, 3.8) is 0 Å². The highest BCUT2D eigenvalue weighted by Gasteiger charge is 2.88. The van der Waals surface area contributed by atoms with Gasteiger partial charge in [-0.1, -0.05) is 13.3 Å². The van der Waals surface area contributed by atoms with Crippen molar-refractivity contribution < 1.29 is 56.9 Å². The van der Waals surface area contributed by atoms with E-state index in [-0.39, 0.29) is 12.6 Å². The lowest BCUT2D eigenvalue weighted by molar-refractivity contribution is -0.390. The summed E-state index contributed by atoms with van der Waals surface area (Å²) in [6, 6.07) is 0. The third kappa shape index (κ3) is 3.56. The third-order valence-corrected chi connectivity index (χ3v) is 3.69. The standard InChI is InChI=1S/C9H10F10O3S.H3N/c1-2-3-4-5(10,11)6(12,13)7(14,15)8(16,17)9(18,19)23(20,21)22;/h2-4H2,1H3,(H,20,21,22);1H3. The highest BCUT2D eigenvalue weighted by atomic mass is 32.2. The fraction of sp³-hybridized carbons (Fsp3) is 1.00. The summed E-state index contributed by atoms with van der Waals surface area (Å²) in [5.74, 6) is -27.9. The van der Waals surface area contributed by atoms with Crippen molar-refractivity contribution in [1.82, 2.24) is 6.15 Å². The van der Waals surface area contributed by atoms with Crippen molar-refractivity contribution in [3.05, 3.63) is 0 Å². The van der Waals surface area contributed by atoms with Crippen molar-refractivity contribution in [2.24, 2.45) is 0 Å². The molecule has 0 heterocycles. The number of alkyl halides is 10. The molecule has 0 atom stereocenters. The molecule has 0 aliphatic heterocycles. The predicted molar refractivity (Wildman–Crippen MR) is 60.8 cm³/mol. The second kappa shape index (κ2) is 6.82. The van der Waals surface area contributed by atoms with Crippen LogP contribution in [0.5, 0.6) is 0 Å². The molecule has 0 radical (unpaired) electrons. The number of hydrogen-bond acceptors (Lipinski definition) is 3. The van der Waals surface area contributed by atoms with Gasteiger partial charge >= 0.3 is 39.1 Å². The molecule has 4 nitrogen and oxygen atoms in total. The van der Waals surface area contributed by atoms with E-state index in [2.05, 4.69) is 0 Å². The Labute approximate surface area is 129 Å². The first-order chi connectivity index (χ1) is 9.81. The van der Waals surface area contributed by atoms with Crippen molar-refractivity contribution in [1.29, 1.82) is 0 Å². The minimum Gasteiger partial charge on any atom is -0.344 e.